The standard InChI is InChI=1S/C13H16FNO4/c1-13(2,12(17)18-3)7-19-11(16)9-6-8(15)4-5-10(9)14/h4-6H,7,15H2,1-3H3. The molecule has 0 spiro atoms. The molecule has 5 nitrogen and oxygen atoms in total. The van der Waals surface area contributed by atoms with Crippen molar-refractivity contribution < 1.29 is 23.5 Å². The molecule has 1 aromatic rings. The average molecular weight is 269 g/mol. The number of anilines is 1. The number of hydrogen-bond donors (Lipinski definition) is 1. The van der Waals surface area contributed by atoms with E-state index >= 15 is 0 Å². The molecule has 0 fully saturated rings. The molecule has 0 aliphatic rings. The highest BCUT2D eigenvalue weighted by Gasteiger charge is 2.31. The summed E-state index contributed by atoms with van der Waals surface area (Å²) in [5.41, 5.74) is 4.46. The van der Waals surface area contributed by atoms with Gasteiger partial charge in [-0.25, -0.2) is 9.18 Å². The Hall–Kier alpha value is -2.11. The molecule has 0 bridgehead atoms. The molecule has 0 aliphatic heterocycles. The molecule has 2 N–H and O–H groups in total. The van der Waals surface area contributed by atoms with E-state index in [1.807, 2.05) is 0 Å². The topological polar surface area (TPSA) is 78.6 Å². The molecule has 0 aromatic heterocycles. The Morgan fingerprint density at radius 1 is 1.37 bits per heavy atom. The number of nitrogens with two attached hydrogens (primary N) is 1. The van der Waals surface area contributed by atoms with E-state index in [4.69, 9.17) is 10.5 Å². The van der Waals surface area contributed by atoms with Crippen LogP contribution in [-0.2, 0) is 14.3 Å². The minimum atomic E-state index is -0.999. The van der Waals surface area contributed by atoms with Crippen LogP contribution in [0.25, 0.3) is 0 Å². The van der Waals surface area contributed by atoms with Crippen LogP contribution in [0.1, 0.15) is 24.2 Å². The van der Waals surface area contributed by atoms with Gasteiger partial charge in [0.2, 0.25) is 0 Å². The molecule has 0 unspecified atom stereocenters. The lowest BCUT2D eigenvalue weighted by atomic mass is 9.95. The van der Waals surface area contributed by atoms with E-state index in [1.165, 1.54) is 19.2 Å². The quantitative estimate of drug-likeness (QED) is 0.665. The third-order valence-corrected chi connectivity index (χ3v) is 2.51. The van der Waals surface area contributed by atoms with Gasteiger partial charge in [0, 0.05) is 5.69 Å². The number of hydrogen-bond acceptors (Lipinski definition) is 5. The highest BCUT2D eigenvalue weighted by molar-refractivity contribution is 5.91. The summed E-state index contributed by atoms with van der Waals surface area (Å²) in [6.07, 6.45) is 0. The molecule has 0 atom stereocenters. The van der Waals surface area contributed by atoms with Crippen LogP contribution in [0.15, 0.2) is 18.2 Å². The highest BCUT2D eigenvalue weighted by atomic mass is 19.1. The summed E-state index contributed by atoms with van der Waals surface area (Å²) < 4.78 is 22.9. The maximum Gasteiger partial charge on any atom is 0.341 e. The summed E-state index contributed by atoms with van der Waals surface area (Å²) in [6.45, 7) is 2.90. The van der Waals surface area contributed by atoms with E-state index in [0.29, 0.717) is 0 Å². The maximum atomic E-state index is 13.4. The third-order valence-electron chi connectivity index (χ3n) is 2.51. The summed E-state index contributed by atoms with van der Waals surface area (Å²) >= 11 is 0. The van der Waals surface area contributed by atoms with Crippen molar-refractivity contribution >= 4 is 17.6 Å². The van der Waals surface area contributed by atoms with Crippen molar-refractivity contribution in [3.05, 3.63) is 29.6 Å². The Morgan fingerprint density at radius 3 is 2.58 bits per heavy atom. The van der Waals surface area contributed by atoms with Gasteiger partial charge in [0.15, 0.2) is 0 Å². The number of methoxy groups -OCH3 is 1. The minimum Gasteiger partial charge on any atom is -0.469 e. The summed E-state index contributed by atoms with van der Waals surface area (Å²) in [5, 5.41) is 0. The van der Waals surface area contributed by atoms with Crippen molar-refractivity contribution in [3.63, 3.8) is 0 Å². The molecule has 0 saturated carbocycles. The van der Waals surface area contributed by atoms with Crippen LogP contribution in [0.2, 0.25) is 0 Å². The third kappa shape index (κ3) is 3.67. The van der Waals surface area contributed by atoms with Crippen molar-refractivity contribution in [2.45, 2.75) is 13.8 Å². The van der Waals surface area contributed by atoms with E-state index in [-0.39, 0.29) is 17.9 Å². The summed E-state index contributed by atoms with van der Waals surface area (Å²) in [4.78, 5) is 23.1. The normalized spacial score (nSPS) is 10.9. The lowest BCUT2D eigenvalue weighted by molar-refractivity contribution is -0.152. The molecule has 19 heavy (non-hydrogen) atoms. The Morgan fingerprint density at radius 2 is 2.00 bits per heavy atom. The van der Waals surface area contributed by atoms with Gasteiger partial charge in [-0.15, -0.1) is 0 Å². The van der Waals surface area contributed by atoms with Crippen molar-refractivity contribution in [1.82, 2.24) is 0 Å². The number of carbonyl (C=O) groups is 2. The van der Waals surface area contributed by atoms with Crippen molar-refractivity contribution in [2.75, 3.05) is 19.5 Å². The van der Waals surface area contributed by atoms with E-state index in [9.17, 15) is 14.0 Å². The van der Waals surface area contributed by atoms with Crippen molar-refractivity contribution in [2.24, 2.45) is 5.41 Å². The number of benzene rings is 1. The molecular formula is C13H16FNO4. The lowest BCUT2D eigenvalue weighted by Crippen LogP contribution is -2.32. The van der Waals surface area contributed by atoms with Gasteiger partial charge >= 0.3 is 11.9 Å². The van der Waals surface area contributed by atoms with Gasteiger partial charge in [-0.2, -0.15) is 0 Å². The van der Waals surface area contributed by atoms with Crippen LogP contribution < -0.4 is 5.73 Å². The SMILES string of the molecule is COC(=O)C(C)(C)COC(=O)c1cc(N)ccc1F. The predicted octanol–water partition coefficient (Wildman–Crippen LogP) is 1.76. The Balaban J connectivity index is 2.76. The molecule has 0 amide bonds. The average Bonchev–Trinajstić information content (AvgIpc) is 2.37. The van der Waals surface area contributed by atoms with Crippen LogP contribution in [0.5, 0.6) is 0 Å². The highest BCUT2D eigenvalue weighted by Crippen LogP contribution is 2.19. The molecule has 0 heterocycles. The summed E-state index contributed by atoms with van der Waals surface area (Å²) in [7, 11) is 1.24. The van der Waals surface area contributed by atoms with Gasteiger partial charge in [-0.1, -0.05) is 0 Å². The fourth-order valence-corrected chi connectivity index (χ4v) is 1.36. The molecular weight excluding hydrogens is 253 g/mol. The first-order valence-electron chi connectivity index (χ1n) is 5.58. The monoisotopic (exact) mass is 269 g/mol. The zero-order chi connectivity index (χ0) is 14.6. The molecule has 104 valence electrons. The smallest absolute Gasteiger partial charge is 0.341 e. The van der Waals surface area contributed by atoms with E-state index in [1.54, 1.807) is 13.8 Å². The van der Waals surface area contributed by atoms with Crippen LogP contribution >= 0.6 is 0 Å². The Labute approximate surface area is 110 Å². The Kier molecular flexibility index (Phi) is 4.47. The van der Waals surface area contributed by atoms with Crippen LogP contribution in [0.4, 0.5) is 10.1 Å². The van der Waals surface area contributed by atoms with E-state index in [0.717, 1.165) is 6.07 Å². The zero-order valence-corrected chi connectivity index (χ0v) is 11.0. The lowest BCUT2D eigenvalue weighted by Gasteiger charge is -2.20. The first kappa shape index (κ1) is 14.9. The fourth-order valence-electron chi connectivity index (χ4n) is 1.36. The number of esters is 2. The largest absolute Gasteiger partial charge is 0.469 e. The van der Waals surface area contributed by atoms with E-state index < -0.39 is 23.2 Å². The number of halogens is 1. The second-order valence-corrected chi connectivity index (χ2v) is 4.69. The van der Waals surface area contributed by atoms with Crippen molar-refractivity contribution in [3.8, 4) is 0 Å². The summed E-state index contributed by atoms with van der Waals surface area (Å²) in [6, 6.07) is 3.60. The zero-order valence-electron chi connectivity index (χ0n) is 11.0. The van der Waals surface area contributed by atoms with Crippen LogP contribution in [0.3, 0.4) is 0 Å². The fraction of sp³-hybridized carbons (Fsp3) is 0.385. The van der Waals surface area contributed by atoms with Crippen molar-refractivity contribution in [1.29, 1.82) is 0 Å². The van der Waals surface area contributed by atoms with Gasteiger partial charge in [-0.05, 0) is 32.0 Å². The van der Waals surface area contributed by atoms with Gasteiger partial charge in [0.1, 0.15) is 12.4 Å². The van der Waals surface area contributed by atoms with Gasteiger partial charge in [-0.3, -0.25) is 4.79 Å². The van der Waals surface area contributed by atoms with Crippen LogP contribution in [0, 0.1) is 11.2 Å². The molecule has 6 heteroatoms. The maximum absolute atomic E-state index is 13.4. The number of carbonyl (C=O) groups excluding carboxylic acids is 2. The molecule has 1 rings (SSSR count). The number of rotatable bonds is 4. The van der Waals surface area contributed by atoms with Crippen LogP contribution in [-0.4, -0.2) is 25.7 Å². The molecule has 0 saturated heterocycles. The van der Waals surface area contributed by atoms with E-state index in [2.05, 4.69) is 4.74 Å². The minimum absolute atomic E-state index is 0.216. The van der Waals surface area contributed by atoms with Gasteiger partial charge in [0.05, 0.1) is 18.1 Å². The molecule has 1 aromatic carbocycles. The number of nitrogen functional groups attached to an aromatic ring is 1. The molecule has 0 radical (unpaired) electrons. The Bertz CT molecular complexity index is 499. The second kappa shape index (κ2) is 5.69. The van der Waals surface area contributed by atoms with Gasteiger partial charge < -0.3 is 15.2 Å². The molecule has 0 aliphatic carbocycles. The number of ether oxygens (including phenoxy) is 2. The van der Waals surface area contributed by atoms with Gasteiger partial charge in [0.25, 0.3) is 0 Å². The first-order valence-corrected chi connectivity index (χ1v) is 5.58. The first-order chi connectivity index (χ1) is 8.77. The summed E-state index contributed by atoms with van der Waals surface area (Å²) in [5.74, 6) is -2.12. The predicted molar refractivity (Wildman–Crippen MR) is 66.9 cm³/mol. The second-order valence-electron chi connectivity index (χ2n) is 4.69.